The van der Waals surface area contributed by atoms with E-state index in [0.29, 0.717) is 37.7 Å². The van der Waals surface area contributed by atoms with E-state index in [1.807, 2.05) is 13.0 Å². The van der Waals surface area contributed by atoms with Gasteiger partial charge in [0.15, 0.2) is 0 Å². The van der Waals surface area contributed by atoms with Gasteiger partial charge in [-0.3, -0.25) is 9.48 Å². The van der Waals surface area contributed by atoms with Crippen LogP contribution in [-0.2, 0) is 13.0 Å². The van der Waals surface area contributed by atoms with Gasteiger partial charge in [-0.1, -0.05) is 13.8 Å². The maximum Gasteiger partial charge on any atom is 0.269 e. The molecular formula is C15H25FN4O. The standard InChI is InChI=1S/C15H25FN4O/c1-4-20-14(7-12(19-20)5-10(2)3)15(21)18-9-13-6-11(16)8-17-13/h7,10-11,13,17H,4-6,8-9H2,1-3H3,(H,18,21)/t11-,13-/m0/s1. The van der Waals surface area contributed by atoms with Crippen LogP contribution < -0.4 is 10.6 Å². The Hall–Kier alpha value is -1.43. The molecule has 1 aliphatic rings. The summed E-state index contributed by atoms with van der Waals surface area (Å²) in [5.41, 5.74) is 1.53. The molecule has 2 heterocycles. The summed E-state index contributed by atoms with van der Waals surface area (Å²) in [4.78, 5) is 12.3. The van der Waals surface area contributed by atoms with Gasteiger partial charge in [0.05, 0.1) is 5.69 Å². The fraction of sp³-hybridized carbons (Fsp3) is 0.733. The SMILES string of the molecule is CCn1nc(CC(C)C)cc1C(=O)NC[C@@H]1C[C@H](F)CN1. The second kappa shape index (κ2) is 7.02. The molecule has 1 aliphatic heterocycles. The summed E-state index contributed by atoms with van der Waals surface area (Å²) in [7, 11) is 0. The van der Waals surface area contributed by atoms with Gasteiger partial charge in [-0.05, 0) is 31.7 Å². The number of nitrogens with one attached hydrogen (secondary N) is 2. The molecule has 6 heteroatoms. The van der Waals surface area contributed by atoms with E-state index in [1.165, 1.54) is 0 Å². The number of alkyl halides is 1. The van der Waals surface area contributed by atoms with Crippen molar-refractivity contribution >= 4 is 5.91 Å². The summed E-state index contributed by atoms with van der Waals surface area (Å²) in [6.45, 7) is 7.72. The van der Waals surface area contributed by atoms with Crippen molar-refractivity contribution in [3.63, 3.8) is 0 Å². The lowest BCUT2D eigenvalue weighted by molar-refractivity contribution is 0.0939. The van der Waals surface area contributed by atoms with E-state index in [0.717, 1.165) is 12.1 Å². The number of hydrogen-bond donors (Lipinski definition) is 2. The fourth-order valence-electron chi connectivity index (χ4n) is 2.64. The molecule has 1 saturated heterocycles. The molecule has 0 aliphatic carbocycles. The largest absolute Gasteiger partial charge is 0.349 e. The highest BCUT2D eigenvalue weighted by Crippen LogP contribution is 2.11. The number of amides is 1. The van der Waals surface area contributed by atoms with E-state index in [2.05, 4.69) is 29.6 Å². The van der Waals surface area contributed by atoms with E-state index in [9.17, 15) is 9.18 Å². The molecular weight excluding hydrogens is 271 g/mol. The molecule has 2 N–H and O–H groups in total. The summed E-state index contributed by atoms with van der Waals surface area (Å²) in [5, 5.41) is 10.4. The van der Waals surface area contributed by atoms with Crippen molar-refractivity contribution in [3.8, 4) is 0 Å². The molecule has 0 spiro atoms. The molecule has 2 rings (SSSR count). The molecule has 2 atom stereocenters. The highest BCUT2D eigenvalue weighted by Gasteiger charge is 2.24. The Morgan fingerprint density at radius 1 is 1.62 bits per heavy atom. The van der Waals surface area contributed by atoms with Gasteiger partial charge in [-0.2, -0.15) is 5.10 Å². The van der Waals surface area contributed by atoms with Gasteiger partial charge in [-0.15, -0.1) is 0 Å². The van der Waals surface area contributed by atoms with Crippen LogP contribution in [-0.4, -0.2) is 41.0 Å². The van der Waals surface area contributed by atoms with E-state index in [4.69, 9.17) is 0 Å². The quantitative estimate of drug-likeness (QED) is 0.837. The zero-order chi connectivity index (χ0) is 15.4. The molecule has 118 valence electrons. The first-order valence-corrected chi connectivity index (χ1v) is 7.72. The van der Waals surface area contributed by atoms with Gasteiger partial charge in [0.1, 0.15) is 11.9 Å². The zero-order valence-electron chi connectivity index (χ0n) is 13.0. The lowest BCUT2D eigenvalue weighted by Gasteiger charge is -2.11. The zero-order valence-corrected chi connectivity index (χ0v) is 13.0. The molecule has 1 fully saturated rings. The van der Waals surface area contributed by atoms with Crippen LogP contribution in [0.2, 0.25) is 0 Å². The highest BCUT2D eigenvalue weighted by atomic mass is 19.1. The van der Waals surface area contributed by atoms with Gasteiger partial charge >= 0.3 is 0 Å². The Morgan fingerprint density at radius 2 is 2.38 bits per heavy atom. The Balaban J connectivity index is 1.96. The normalized spacial score (nSPS) is 22.0. The number of carbonyl (C=O) groups excluding carboxylic acids is 1. The van der Waals surface area contributed by atoms with Crippen LogP contribution in [0.1, 0.15) is 43.4 Å². The summed E-state index contributed by atoms with van der Waals surface area (Å²) in [6, 6.07) is 1.89. The number of halogens is 1. The summed E-state index contributed by atoms with van der Waals surface area (Å²) < 4.78 is 14.8. The third kappa shape index (κ3) is 4.27. The molecule has 0 aromatic carbocycles. The monoisotopic (exact) mass is 296 g/mol. The minimum atomic E-state index is -0.800. The molecule has 5 nitrogen and oxygen atoms in total. The first kappa shape index (κ1) is 15.9. The van der Waals surface area contributed by atoms with Crippen LogP contribution in [0.25, 0.3) is 0 Å². The third-order valence-electron chi connectivity index (χ3n) is 3.66. The van der Waals surface area contributed by atoms with Crippen molar-refractivity contribution in [1.82, 2.24) is 20.4 Å². The number of hydrogen-bond acceptors (Lipinski definition) is 3. The van der Waals surface area contributed by atoms with E-state index < -0.39 is 6.17 Å². The summed E-state index contributed by atoms with van der Waals surface area (Å²) in [6.07, 6.45) is 0.526. The second-order valence-corrected chi connectivity index (χ2v) is 6.08. The van der Waals surface area contributed by atoms with E-state index in [-0.39, 0.29) is 11.9 Å². The van der Waals surface area contributed by atoms with Gasteiger partial charge < -0.3 is 10.6 Å². The van der Waals surface area contributed by atoms with Crippen molar-refractivity contribution in [2.75, 3.05) is 13.1 Å². The van der Waals surface area contributed by atoms with Crippen LogP contribution in [0.4, 0.5) is 4.39 Å². The molecule has 1 aromatic heterocycles. The summed E-state index contributed by atoms with van der Waals surface area (Å²) >= 11 is 0. The predicted molar refractivity (Wildman–Crippen MR) is 80.1 cm³/mol. The van der Waals surface area contributed by atoms with Crippen LogP contribution in [0.5, 0.6) is 0 Å². The minimum Gasteiger partial charge on any atom is -0.349 e. The fourth-order valence-corrected chi connectivity index (χ4v) is 2.64. The lowest BCUT2D eigenvalue weighted by atomic mass is 10.1. The Kier molecular flexibility index (Phi) is 5.33. The van der Waals surface area contributed by atoms with Crippen molar-refractivity contribution in [2.45, 2.75) is 52.4 Å². The maximum absolute atomic E-state index is 13.1. The Labute approximate surface area is 125 Å². The minimum absolute atomic E-state index is 0.0251. The average Bonchev–Trinajstić information content (AvgIpc) is 3.01. The maximum atomic E-state index is 13.1. The number of nitrogens with zero attached hydrogens (tertiary/aromatic N) is 2. The number of aromatic nitrogens is 2. The molecule has 0 bridgehead atoms. The Bertz CT molecular complexity index is 486. The van der Waals surface area contributed by atoms with Gasteiger partial charge in [0.25, 0.3) is 5.91 Å². The second-order valence-electron chi connectivity index (χ2n) is 6.08. The highest BCUT2D eigenvalue weighted by molar-refractivity contribution is 5.92. The van der Waals surface area contributed by atoms with Crippen molar-refractivity contribution in [1.29, 1.82) is 0 Å². The molecule has 21 heavy (non-hydrogen) atoms. The van der Waals surface area contributed by atoms with Gasteiger partial charge in [0.2, 0.25) is 0 Å². The average molecular weight is 296 g/mol. The van der Waals surface area contributed by atoms with Gasteiger partial charge in [0, 0.05) is 25.7 Å². The number of rotatable bonds is 6. The molecule has 1 amide bonds. The first-order chi connectivity index (χ1) is 9.99. The number of carbonyl (C=O) groups is 1. The topological polar surface area (TPSA) is 59.0 Å². The molecule has 0 saturated carbocycles. The lowest BCUT2D eigenvalue weighted by Crippen LogP contribution is -2.37. The van der Waals surface area contributed by atoms with Crippen LogP contribution >= 0.6 is 0 Å². The van der Waals surface area contributed by atoms with E-state index in [1.54, 1.807) is 4.68 Å². The first-order valence-electron chi connectivity index (χ1n) is 7.72. The summed E-state index contributed by atoms with van der Waals surface area (Å²) in [5.74, 6) is 0.369. The van der Waals surface area contributed by atoms with Crippen molar-refractivity contribution in [3.05, 3.63) is 17.5 Å². The van der Waals surface area contributed by atoms with E-state index >= 15 is 0 Å². The van der Waals surface area contributed by atoms with Crippen molar-refractivity contribution < 1.29 is 9.18 Å². The van der Waals surface area contributed by atoms with Gasteiger partial charge in [-0.25, -0.2) is 4.39 Å². The van der Waals surface area contributed by atoms with Crippen LogP contribution in [0, 0.1) is 5.92 Å². The van der Waals surface area contributed by atoms with Crippen LogP contribution in [0.15, 0.2) is 6.07 Å². The third-order valence-corrected chi connectivity index (χ3v) is 3.66. The van der Waals surface area contributed by atoms with Crippen molar-refractivity contribution in [2.24, 2.45) is 5.92 Å². The molecule has 1 aromatic rings. The smallest absolute Gasteiger partial charge is 0.269 e. The Morgan fingerprint density at radius 3 is 2.95 bits per heavy atom. The van der Waals surface area contributed by atoms with Crippen LogP contribution in [0.3, 0.4) is 0 Å². The number of aryl methyl sites for hydroxylation is 1. The predicted octanol–water partition coefficient (Wildman–Crippen LogP) is 1.53. The molecule has 0 unspecified atom stereocenters. The molecule has 0 radical (unpaired) electrons.